The summed E-state index contributed by atoms with van der Waals surface area (Å²) in [4.78, 5) is 12.6. The maximum Gasteiger partial charge on any atom is 0.251 e. The maximum absolute atomic E-state index is 12.5. The lowest BCUT2D eigenvalue weighted by atomic mass is 10.1. The zero-order chi connectivity index (χ0) is 20.1. The molecule has 2 atom stereocenters. The first-order valence-corrected chi connectivity index (χ1v) is 11.4. The number of benzene rings is 2. The molecule has 0 spiro atoms. The molecule has 0 unspecified atom stereocenters. The van der Waals surface area contributed by atoms with E-state index < -0.39 is 10.0 Å². The lowest BCUT2D eigenvalue weighted by Crippen LogP contribution is -2.32. The Morgan fingerprint density at radius 2 is 1.93 bits per heavy atom. The van der Waals surface area contributed by atoms with Crippen molar-refractivity contribution in [2.45, 2.75) is 36.8 Å². The van der Waals surface area contributed by atoms with Crippen LogP contribution in [0.1, 0.15) is 41.7 Å². The fraction of sp³-hybridized carbons (Fsp3) is 0.350. The molecule has 28 heavy (non-hydrogen) atoms. The van der Waals surface area contributed by atoms with Gasteiger partial charge in [-0.15, -0.1) is 0 Å². The van der Waals surface area contributed by atoms with Gasteiger partial charge in [-0.2, -0.15) is 0 Å². The molecule has 0 bridgehead atoms. The van der Waals surface area contributed by atoms with Crippen LogP contribution in [0, 0.1) is 0 Å². The molecule has 0 saturated carbocycles. The van der Waals surface area contributed by atoms with E-state index in [1.54, 1.807) is 0 Å². The van der Waals surface area contributed by atoms with Gasteiger partial charge in [-0.05, 0) is 55.7 Å². The van der Waals surface area contributed by atoms with Gasteiger partial charge < -0.3 is 10.1 Å². The van der Waals surface area contributed by atoms with Crippen LogP contribution < -0.4 is 10.0 Å². The number of halogens is 1. The van der Waals surface area contributed by atoms with Crippen LogP contribution in [0.4, 0.5) is 0 Å². The molecule has 1 saturated heterocycles. The number of amides is 1. The molecule has 150 valence electrons. The molecular formula is C20H23BrN2O4S. The van der Waals surface area contributed by atoms with Crippen molar-refractivity contribution >= 4 is 31.9 Å². The molecule has 1 aliphatic rings. The third-order valence-corrected chi connectivity index (χ3v) is 6.83. The molecule has 1 fully saturated rings. The highest BCUT2D eigenvalue weighted by Crippen LogP contribution is 2.23. The van der Waals surface area contributed by atoms with Crippen molar-refractivity contribution in [3.63, 3.8) is 0 Å². The van der Waals surface area contributed by atoms with E-state index in [1.165, 1.54) is 24.3 Å². The second-order valence-corrected chi connectivity index (χ2v) is 9.35. The number of nitrogens with one attached hydrogen (secondary N) is 2. The van der Waals surface area contributed by atoms with Crippen LogP contribution in [0.5, 0.6) is 0 Å². The highest BCUT2D eigenvalue weighted by molar-refractivity contribution is 9.10. The molecule has 2 aromatic carbocycles. The van der Waals surface area contributed by atoms with Gasteiger partial charge in [-0.25, -0.2) is 13.1 Å². The summed E-state index contributed by atoms with van der Waals surface area (Å²) in [6.07, 6.45) is 1.74. The monoisotopic (exact) mass is 466 g/mol. The second kappa shape index (κ2) is 9.17. The summed E-state index contributed by atoms with van der Waals surface area (Å²) in [6, 6.07) is 13.4. The SMILES string of the molecule is C[C@H](NC(=O)c1ccc(S(=O)(=O)NC[C@H]2CCCO2)cc1)c1ccccc1Br. The van der Waals surface area contributed by atoms with Gasteiger partial charge >= 0.3 is 0 Å². The molecule has 6 nitrogen and oxygen atoms in total. The minimum atomic E-state index is -3.63. The van der Waals surface area contributed by atoms with Crippen LogP contribution in [-0.2, 0) is 14.8 Å². The summed E-state index contributed by atoms with van der Waals surface area (Å²) in [6.45, 7) is 2.83. The van der Waals surface area contributed by atoms with Crippen molar-refractivity contribution in [1.82, 2.24) is 10.0 Å². The van der Waals surface area contributed by atoms with E-state index in [2.05, 4.69) is 26.0 Å². The topological polar surface area (TPSA) is 84.5 Å². The molecular weight excluding hydrogens is 444 g/mol. The van der Waals surface area contributed by atoms with Gasteiger partial charge in [-0.1, -0.05) is 34.1 Å². The van der Waals surface area contributed by atoms with Gasteiger partial charge in [0.25, 0.3) is 5.91 Å². The van der Waals surface area contributed by atoms with Crippen molar-refractivity contribution in [2.75, 3.05) is 13.2 Å². The van der Waals surface area contributed by atoms with E-state index in [4.69, 9.17) is 4.74 Å². The predicted molar refractivity (Wildman–Crippen MR) is 111 cm³/mol. The third-order valence-electron chi connectivity index (χ3n) is 4.67. The fourth-order valence-electron chi connectivity index (χ4n) is 3.06. The minimum absolute atomic E-state index is 0.0707. The summed E-state index contributed by atoms with van der Waals surface area (Å²) in [7, 11) is -3.63. The first-order valence-electron chi connectivity index (χ1n) is 9.13. The third kappa shape index (κ3) is 5.20. The number of ether oxygens (including phenoxy) is 1. The Hall–Kier alpha value is -1.74. The van der Waals surface area contributed by atoms with Crippen molar-refractivity contribution in [3.05, 3.63) is 64.1 Å². The summed E-state index contributed by atoms with van der Waals surface area (Å²) in [5.41, 5.74) is 1.37. The Morgan fingerprint density at radius 3 is 2.57 bits per heavy atom. The highest BCUT2D eigenvalue weighted by atomic mass is 79.9. The maximum atomic E-state index is 12.5. The van der Waals surface area contributed by atoms with Crippen LogP contribution >= 0.6 is 15.9 Å². The molecule has 0 radical (unpaired) electrons. The van der Waals surface area contributed by atoms with E-state index in [0.717, 1.165) is 22.9 Å². The van der Waals surface area contributed by atoms with Crippen LogP contribution in [0.15, 0.2) is 57.9 Å². The molecule has 0 aliphatic carbocycles. The highest BCUT2D eigenvalue weighted by Gasteiger charge is 2.21. The number of carbonyl (C=O) groups excluding carboxylic acids is 1. The van der Waals surface area contributed by atoms with Gasteiger partial charge in [0.15, 0.2) is 0 Å². The predicted octanol–water partition coefficient (Wildman–Crippen LogP) is 3.40. The molecule has 3 rings (SSSR count). The number of carbonyl (C=O) groups is 1. The second-order valence-electron chi connectivity index (χ2n) is 6.73. The standard InChI is InChI=1S/C20H23BrN2O4S/c1-14(18-6-2-3-7-19(18)21)23-20(24)15-8-10-17(11-9-15)28(25,26)22-13-16-5-4-12-27-16/h2-3,6-11,14,16,22H,4-5,12-13H2,1H3,(H,23,24)/t14-,16+/m0/s1. The average Bonchev–Trinajstić information content (AvgIpc) is 3.20. The van der Waals surface area contributed by atoms with E-state index in [9.17, 15) is 13.2 Å². The normalized spacial score (nSPS) is 18.0. The van der Waals surface area contributed by atoms with Crippen LogP contribution in [0.2, 0.25) is 0 Å². The largest absolute Gasteiger partial charge is 0.377 e. The lowest BCUT2D eigenvalue weighted by molar-refractivity contribution is 0.0939. The molecule has 1 heterocycles. The van der Waals surface area contributed by atoms with E-state index in [-0.39, 0.29) is 29.5 Å². The summed E-state index contributed by atoms with van der Waals surface area (Å²) < 4.78 is 33.7. The Labute approximate surface area is 173 Å². The lowest BCUT2D eigenvalue weighted by Gasteiger charge is -2.16. The van der Waals surface area contributed by atoms with Gasteiger partial charge in [0, 0.05) is 23.2 Å². The molecule has 0 aromatic heterocycles. The minimum Gasteiger partial charge on any atom is -0.377 e. The summed E-state index contributed by atoms with van der Waals surface area (Å²) in [5.74, 6) is -0.264. The Balaban J connectivity index is 1.62. The van der Waals surface area contributed by atoms with Crippen molar-refractivity contribution < 1.29 is 17.9 Å². The van der Waals surface area contributed by atoms with Crippen LogP contribution in [-0.4, -0.2) is 33.6 Å². The molecule has 2 aromatic rings. The van der Waals surface area contributed by atoms with Crippen LogP contribution in [0.3, 0.4) is 0 Å². The molecule has 1 amide bonds. The first kappa shape index (κ1) is 21.0. The quantitative estimate of drug-likeness (QED) is 0.654. The molecule has 8 heteroatoms. The number of rotatable bonds is 7. The Bertz CT molecular complexity index is 925. The molecule has 2 N–H and O–H groups in total. The van der Waals surface area contributed by atoms with E-state index in [0.29, 0.717) is 12.2 Å². The first-order chi connectivity index (χ1) is 13.4. The van der Waals surface area contributed by atoms with Gasteiger partial charge in [0.05, 0.1) is 17.0 Å². The molecule has 1 aliphatic heterocycles. The number of hydrogen-bond donors (Lipinski definition) is 2. The Morgan fingerprint density at radius 1 is 1.21 bits per heavy atom. The van der Waals surface area contributed by atoms with Crippen LogP contribution in [0.25, 0.3) is 0 Å². The van der Waals surface area contributed by atoms with Crippen molar-refractivity contribution in [3.8, 4) is 0 Å². The smallest absolute Gasteiger partial charge is 0.251 e. The zero-order valence-electron chi connectivity index (χ0n) is 15.5. The fourth-order valence-corrected chi connectivity index (χ4v) is 4.76. The number of hydrogen-bond acceptors (Lipinski definition) is 4. The summed E-state index contributed by atoms with van der Waals surface area (Å²) >= 11 is 3.48. The number of sulfonamides is 1. The Kier molecular flexibility index (Phi) is 6.87. The van der Waals surface area contributed by atoms with Gasteiger partial charge in [-0.3, -0.25) is 4.79 Å². The van der Waals surface area contributed by atoms with Gasteiger partial charge in [0.2, 0.25) is 10.0 Å². The van der Waals surface area contributed by atoms with E-state index in [1.807, 2.05) is 31.2 Å². The van der Waals surface area contributed by atoms with E-state index >= 15 is 0 Å². The van der Waals surface area contributed by atoms with Crippen molar-refractivity contribution in [1.29, 1.82) is 0 Å². The summed E-state index contributed by atoms with van der Waals surface area (Å²) in [5, 5.41) is 2.92. The van der Waals surface area contributed by atoms with Gasteiger partial charge in [0.1, 0.15) is 0 Å². The average molecular weight is 467 g/mol. The zero-order valence-corrected chi connectivity index (χ0v) is 17.9. The van der Waals surface area contributed by atoms with Crippen molar-refractivity contribution in [2.24, 2.45) is 0 Å².